The van der Waals surface area contributed by atoms with Crippen molar-refractivity contribution < 1.29 is 13.6 Å². The Labute approximate surface area is 125 Å². The average molecular weight is 294 g/mol. The van der Waals surface area contributed by atoms with Crippen LogP contribution in [0.25, 0.3) is 0 Å². The summed E-state index contributed by atoms with van der Waals surface area (Å²) in [5.41, 5.74) is 0.00275. The Balaban J connectivity index is 1.64. The van der Waals surface area contributed by atoms with E-state index in [2.05, 4.69) is 11.3 Å². The number of benzene rings is 1. The Morgan fingerprint density at radius 3 is 2.57 bits per heavy atom. The van der Waals surface area contributed by atoms with Gasteiger partial charge in [-0.1, -0.05) is 6.42 Å². The van der Waals surface area contributed by atoms with Gasteiger partial charge in [0.2, 0.25) is 0 Å². The topological polar surface area (TPSA) is 20.3 Å². The molecular weight excluding hydrogens is 272 g/mol. The fourth-order valence-corrected chi connectivity index (χ4v) is 2.68. The van der Waals surface area contributed by atoms with Crippen molar-refractivity contribution in [2.24, 2.45) is 0 Å². The molecule has 0 saturated carbocycles. The van der Waals surface area contributed by atoms with Crippen LogP contribution in [0.15, 0.2) is 18.2 Å². The molecule has 0 bridgehead atoms. The van der Waals surface area contributed by atoms with Gasteiger partial charge in [-0.25, -0.2) is 8.78 Å². The lowest BCUT2D eigenvalue weighted by molar-refractivity contribution is 0.0974. The van der Waals surface area contributed by atoms with E-state index in [-0.39, 0.29) is 11.3 Å². The van der Waals surface area contributed by atoms with Gasteiger partial charge in [0.05, 0.1) is 5.56 Å². The summed E-state index contributed by atoms with van der Waals surface area (Å²) in [5.74, 6) is -1.65. The molecule has 0 unspecified atom stereocenters. The molecule has 0 atom stereocenters. The molecule has 1 heterocycles. The Kier molecular flexibility index (Phi) is 6.30. The van der Waals surface area contributed by atoms with Gasteiger partial charge in [0, 0.05) is 12.5 Å². The predicted octanol–water partition coefficient (Wildman–Crippen LogP) is 4.01. The minimum Gasteiger partial charge on any atom is -0.303 e. The van der Waals surface area contributed by atoms with Gasteiger partial charge in [0.25, 0.3) is 0 Å². The van der Waals surface area contributed by atoms with Gasteiger partial charge in [-0.3, -0.25) is 4.79 Å². The van der Waals surface area contributed by atoms with E-state index in [0.29, 0.717) is 6.42 Å². The summed E-state index contributed by atoms with van der Waals surface area (Å²) in [4.78, 5) is 14.3. The van der Waals surface area contributed by atoms with Crippen molar-refractivity contribution in [2.75, 3.05) is 19.6 Å². The summed E-state index contributed by atoms with van der Waals surface area (Å²) in [6.45, 7) is 3.35. The highest BCUT2D eigenvalue weighted by Gasteiger charge is 2.12. The highest BCUT2D eigenvalue weighted by Crippen LogP contribution is 2.14. The summed E-state index contributed by atoms with van der Waals surface area (Å²) in [6.07, 6.45) is 7.79. The van der Waals surface area contributed by atoms with E-state index in [4.69, 9.17) is 0 Å². The first-order valence-electron chi connectivity index (χ1n) is 7.69. The zero-order chi connectivity index (χ0) is 15.1. The second kappa shape index (κ2) is 8.23. The third kappa shape index (κ3) is 5.20. The summed E-state index contributed by atoms with van der Waals surface area (Å²) in [7, 11) is 0. The fourth-order valence-electron chi connectivity index (χ4n) is 2.68. The maximum Gasteiger partial charge on any atom is 0.165 e. The second-order valence-electron chi connectivity index (χ2n) is 5.57. The number of carbonyl (C=O) groups is 1. The number of halogens is 2. The van der Waals surface area contributed by atoms with Crippen LogP contribution in [0.1, 0.15) is 48.9 Å². The van der Waals surface area contributed by atoms with Crippen LogP contribution in [0.5, 0.6) is 0 Å². The largest absolute Gasteiger partial charge is 0.303 e. The molecule has 1 aliphatic rings. The van der Waals surface area contributed by atoms with Crippen LogP contribution >= 0.6 is 0 Å². The van der Waals surface area contributed by atoms with E-state index in [0.717, 1.165) is 51.0 Å². The Morgan fingerprint density at radius 2 is 1.86 bits per heavy atom. The van der Waals surface area contributed by atoms with Crippen LogP contribution in [-0.4, -0.2) is 30.3 Å². The van der Waals surface area contributed by atoms with Crippen LogP contribution in [0.2, 0.25) is 0 Å². The first-order valence-corrected chi connectivity index (χ1v) is 7.69. The lowest BCUT2D eigenvalue weighted by atomic mass is 10.0. The van der Waals surface area contributed by atoms with Crippen molar-refractivity contribution in [3.05, 3.63) is 41.8 Å². The van der Waals surface area contributed by atoms with Gasteiger partial charge in [-0.15, -0.1) is 0 Å². The van der Waals surface area contributed by atoms with Gasteiger partial charge in [-0.2, -0.15) is 0 Å². The van der Waals surface area contributed by atoms with Crippen LogP contribution in [0.3, 0.4) is 0 Å². The third-order valence-electron chi connectivity index (χ3n) is 3.91. The SMILES string of the molecule is O=C(CCCCCN1CC[CH]CC1)c1ccc(F)cc1F. The zero-order valence-corrected chi connectivity index (χ0v) is 12.3. The predicted molar refractivity (Wildman–Crippen MR) is 79.1 cm³/mol. The van der Waals surface area contributed by atoms with E-state index in [1.165, 1.54) is 18.9 Å². The molecule has 4 heteroatoms. The highest BCUT2D eigenvalue weighted by atomic mass is 19.1. The Morgan fingerprint density at radius 1 is 1.10 bits per heavy atom. The summed E-state index contributed by atoms with van der Waals surface area (Å²) >= 11 is 0. The van der Waals surface area contributed by atoms with Crippen LogP contribution in [-0.2, 0) is 0 Å². The molecule has 0 N–H and O–H groups in total. The molecule has 0 aliphatic carbocycles. The smallest absolute Gasteiger partial charge is 0.165 e. The molecule has 2 nitrogen and oxygen atoms in total. The molecule has 1 aromatic carbocycles. The molecule has 1 radical (unpaired) electrons. The molecule has 1 fully saturated rings. The van der Waals surface area contributed by atoms with E-state index in [9.17, 15) is 13.6 Å². The zero-order valence-electron chi connectivity index (χ0n) is 12.3. The van der Waals surface area contributed by atoms with Crippen molar-refractivity contribution in [1.82, 2.24) is 4.90 Å². The molecule has 21 heavy (non-hydrogen) atoms. The quantitative estimate of drug-likeness (QED) is 0.559. The molecule has 2 rings (SSSR count). The van der Waals surface area contributed by atoms with Crippen LogP contribution in [0.4, 0.5) is 8.78 Å². The highest BCUT2D eigenvalue weighted by molar-refractivity contribution is 5.96. The van der Waals surface area contributed by atoms with E-state index in [1.54, 1.807) is 0 Å². The van der Waals surface area contributed by atoms with Gasteiger partial charge < -0.3 is 4.90 Å². The first kappa shape index (κ1) is 16.1. The molecule has 0 aromatic heterocycles. The normalized spacial score (nSPS) is 16.1. The minimum absolute atomic E-state index is 0.00275. The van der Waals surface area contributed by atoms with Crippen molar-refractivity contribution >= 4 is 5.78 Å². The number of piperidine rings is 1. The monoisotopic (exact) mass is 294 g/mol. The number of hydrogen-bond donors (Lipinski definition) is 0. The number of hydrogen-bond acceptors (Lipinski definition) is 2. The molecule has 1 aliphatic heterocycles. The van der Waals surface area contributed by atoms with Gasteiger partial charge in [0.15, 0.2) is 5.78 Å². The number of rotatable bonds is 7. The fraction of sp³-hybridized carbons (Fsp3) is 0.529. The summed E-state index contributed by atoms with van der Waals surface area (Å²) < 4.78 is 26.2. The summed E-state index contributed by atoms with van der Waals surface area (Å²) in [6, 6.07) is 3.13. The maximum absolute atomic E-state index is 13.4. The number of carbonyl (C=O) groups excluding carboxylic acids is 1. The van der Waals surface area contributed by atoms with Crippen molar-refractivity contribution in [3.63, 3.8) is 0 Å². The Hall–Kier alpha value is -1.29. The Bertz CT molecular complexity index is 470. The number of nitrogens with zero attached hydrogens (tertiary/aromatic N) is 1. The van der Waals surface area contributed by atoms with Crippen molar-refractivity contribution in [3.8, 4) is 0 Å². The average Bonchev–Trinajstić information content (AvgIpc) is 2.47. The molecule has 1 saturated heterocycles. The van der Waals surface area contributed by atoms with Crippen molar-refractivity contribution in [1.29, 1.82) is 0 Å². The van der Waals surface area contributed by atoms with E-state index < -0.39 is 11.6 Å². The van der Waals surface area contributed by atoms with Crippen molar-refractivity contribution in [2.45, 2.75) is 38.5 Å². The number of unbranched alkanes of at least 4 members (excludes halogenated alkanes) is 2. The number of Topliss-reactive ketones (excluding diaryl/α,β-unsaturated/α-hetero) is 1. The molecule has 1 aromatic rings. The number of ketones is 1. The molecule has 0 spiro atoms. The molecule has 0 amide bonds. The van der Waals surface area contributed by atoms with Gasteiger partial charge in [0.1, 0.15) is 11.6 Å². The lowest BCUT2D eigenvalue weighted by Gasteiger charge is -2.26. The second-order valence-corrected chi connectivity index (χ2v) is 5.57. The van der Waals surface area contributed by atoms with E-state index in [1.807, 2.05) is 0 Å². The summed E-state index contributed by atoms with van der Waals surface area (Å²) in [5, 5.41) is 0. The third-order valence-corrected chi connectivity index (χ3v) is 3.91. The number of likely N-dealkylation sites (tertiary alicyclic amines) is 1. The minimum atomic E-state index is -0.760. The maximum atomic E-state index is 13.4. The van der Waals surface area contributed by atoms with Gasteiger partial charge in [-0.05, 0) is 63.9 Å². The standard InChI is InChI=1S/C17H22F2NO/c18-14-8-9-15(16(19)13-14)17(21)7-3-1-4-10-20-11-5-2-6-12-20/h2,8-9,13H,1,3-7,10-12H2. The van der Waals surface area contributed by atoms with Crippen LogP contribution < -0.4 is 0 Å². The van der Waals surface area contributed by atoms with E-state index >= 15 is 0 Å². The molecule has 115 valence electrons. The molecular formula is C17H22F2NO. The lowest BCUT2D eigenvalue weighted by Crippen LogP contribution is -2.30. The van der Waals surface area contributed by atoms with Gasteiger partial charge >= 0.3 is 0 Å². The van der Waals surface area contributed by atoms with Crippen LogP contribution in [0, 0.1) is 18.1 Å². The first-order chi connectivity index (χ1) is 10.2.